The summed E-state index contributed by atoms with van der Waals surface area (Å²) < 4.78 is 7.08. The van der Waals surface area contributed by atoms with Gasteiger partial charge in [0, 0.05) is 32.0 Å². The van der Waals surface area contributed by atoms with Gasteiger partial charge in [-0.15, -0.1) is 0 Å². The fourth-order valence-electron chi connectivity index (χ4n) is 2.21. The fourth-order valence-corrected chi connectivity index (χ4v) is 2.21. The van der Waals surface area contributed by atoms with Gasteiger partial charge in [-0.05, 0) is 5.92 Å². The van der Waals surface area contributed by atoms with Gasteiger partial charge in [-0.3, -0.25) is 4.79 Å². The van der Waals surface area contributed by atoms with Gasteiger partial charge in [-0.25, -0.2) is 4.98 Å². The van der Waals surface area contributed by atoms with Gasteiger partial charge in [-0.1, -0.05) is 13.8 Å². The summed E-state index contributed by atoms with van der Waals surface area (Å²) in [4.78, 5) is 18.4. The van der Waals surface area contributed by atoms with E-state index in [1.165, 1.54) is 0 Å². The molecule has 1 aliphatic rings. The maximum atomic E-state index is 12.4. The van der Waals surface area contributed by atoms with Crippen LogP contribution in [0, 0.1) is 5.92 Å². The molecule has 1 atom stereocenters. The predicted octanol–water partition coefficient (Wildman–Crippen LogP) is 0.0968. The molecule has 1 fully saturated rings. The zero-order valence-corrected chi connectivity index (χ0v) is 11.5. The summed E-state index contributed by atoms with van der Waals surface area (Å²) in [6.45, 7) is 6.43. The molecule has 0 bridgehead atoms. The number of rotatable bonds is 4. The number of hydrogen-bond donors (Lipinski definition) is 1. The van der Waals surface area contributed by atoms with Crippen molar-refractivity contribution in [2.75, 3.05) is 31.2 Å². The summed E-state index contributed by atoms with van der Waals surface area (Å²) in [5, 5.41) is 9.14. The molecular formula is C13H21N3O3. The molecule has 6 heteroatoms. The minimum absolute atomic E-state index is 0.0382. The highest BCUT2D eigenvalue weighted by Gasteiger charge is 2.23. The second-order valence-electron chi connectivity index (χ2n) is 5.22. The zero-order chi connectivity index (χ0) is 13.8. The summed E-state index contributed by atoms with van der Waals surface area (Å²) in [5.41, 5.74) is -0.0743. The molecule has 0 radical (unpaired) electrons. The molecule has 1 N–H and O–H groups in total. The zero-order valence-electron chi connectivity index (χ0n) is 11.5. The van der Waals surface area contributed by atoms with Crippen LogP contribution in [0.5, 0.6) is 0 Å². The highest BCUT2D eigenvalue weighted by atomic mass is 16.5. The van der Waals surface area contributed by atoms with Crippen molar-refractivity contribution in [1.82, 2.24) is 9.55 Å². The topological polar surface area (TPSA) is 67.6 Å². The summed E-state index contributed by atoms with van der Waals surface area (Å²) in [6.07, 6.45) is 3.13. The normalized spacial score (nSPS) is 20.0. The summed E-state index contributed by atoms with van der Waals surface area (Å²) in [5.74, 6) is 0.854. The van der Waals surface area contributed by atoms with Crippen molar-refractivity contribution in [1.29, 1.82) is 0 Å². The Morgan fingerprint density at radius 3 is 3.05 bits per heavy atom. The Morgan fingerprint density at radius 2 is 2.37 bits per heavy atom. The van der Waals surface area contributed by atoms with Crippen LogP contribution in [-0.2, 0) is 11.3 Å². The van der Waals surface area contributed by atoms with Crippen LogP contribution >= 0.6 is 0 Å². The quantitative estimate of drug-likeness (QED) is 0.838. The van der Waals surface area contributed by atoms with E-state index in [9.17, 15) is 4.79 Å². The molecule has 0 spiro atoms. The maximum absolute atomic E-state index is 12.4. The Bertz CT molecular complexity index is 472. The van der Waals surface area contributed by atoms with Gasteiger partial charge in [0.15, 0.2) is 5.82 Å². The minimum atomic E-state index is -0.242. The molecule has 1 aromatic rings. The van der Waals surface area contributed by atoms with Gasteiger partial charge < -0.3 is 19.3 Å². The number of aromatic nitrogens is 2. The van der Waals surface area contributed by atoms with Crippen molar-refractivity contribution >= 4 is 5.82 Å². The number of aliphatic hydroxyl groups excluding tert-OH is 1. The minimum Gasteiger partial charge on any atom is -0.394 e. The van der Waals surface area contributed by atoms with E-state index in [1.807, 2.05) is 4.90 Å². The van der Waals surface area contributed by atoms with E-state index >= 15 is 0 Å². The maximum Gasteiger partial charge on any atom is 0.293 e. The number of morpholine rings is 1. The first kappa shape index (κ1) is 14.0. The van der Waals surface area contributed by atoms with E-state index in [2.05, 4.69) is 18.8 Å². The Morgan fingerprint density at radius 1 is 1.58 bits per heavy atom. The molecule has 106 valence electrons. The van der Waals surface area contributed by atoms with Crippen molar-refractivity contribution in [3.05, 3.63) is 22.7 Å². The lowest BCUT2D eigenvalue weighted by molar-refractivity contribution is 0.00326. The highest BCUT2D eigenvalue weighted by Crippen LogP contribution is 2.11. The summed E-state index contributed by atoms with van der Waals surface area (Å²) in [6, 6.07) is 0. The van der Waals surface area contributed by atoms with Crippen LogP contribution in [0.4, 0.5) is 5.82 Å². The second-order valence-corrected chi connectivity index (χ2v) is 5.22. The Kier molecular flexibility index (Phi) is 4.55. The van der Waals surface area contributed by atoms with E-state index in [4.69, 9.17) is 9.84 Å². The molecule has 0 aliphatic carbocycles. The summed E-state index contributed by atoms with van der Waals surface area (Å²) >= 11 is 0. The Balaban J connectivity index is 2.22. The highest BCUT2D eigenvalue weighted by molar-refractivity contribution is 5.36. The lowest BCUT2D eigenvalue weighted by Crippen LogP contribution is -2.47. The molecule has 1 aromatic heterocycles. The molecule has 0 amide bonds. The molecule has 1 saturated heterocycles. The smallest absolute Gasteiger partial charge is 0.293 e. The van der Waals surface area contributed by atoms with Gasteiger partial charge in [-0.2, -0.15) is 0 Å². The first-order valence-electron chi connectivity index (χ1n) is 6.64. The van der Waals surface area contributed by atoms with Gasteiger partial charge in [0.1, 0.15) is 0 Å². The van der Waals surface area contributed by atoms with Gasteiger partial charge in [0.25, 0.3) is 5.56 Å². The van der Waals surface area contributed by atoms with Crippen molar-refractivity contribution < 1.29 is 9.84 Å². The predicted molar refractivity (Wildman–Crippen MR) is 72.4 cm³/mol. The lowest BCUT2D eigenvalue weighted by atomic mass is 10.2. The molecule has 0 aromatic carbocycles. The number of ether oxygens (including phenoxy) is 1. The molecule has 1 unspecified atom stereocenters. The van der Waals surface area contributed by atoms with Crippen LogP contribution < -0.4 is 10.5 Å². The molecular weight excluding hydrogens is 246 g/mol. The molecule has 2 heterocycles. The Hall–Kier alpha value is -1.40. The average molecular weight is 267 g/mol. The van der Waals surface area contributed by atoms with Gasteiger partial charge >= 0.3 is 0 Å². The number of anilines is 1. The van der Waals surface area contributed by atoms with Gasteiger partial charge in [0.2, 0.25) is 0 Å². The molecule has 19 heavy (non-hydrogen) atoms. The van der Waals surface area contributed by atoms with Crippen molar-refractivity contribution in [2.24, 2.45) is 5.92 Å². The second kappa shape index (κ2) is 6.16. The first-order chi connectivity index (χ1) is 9.11. The van der Waals surface area contributed by atoms with Crippen LogP contribution in [0.3, 0.4) is 0 Å². The van der Waals surface area contributed by atoms with E-state index in [0.717, 1.165) is 0 Å². The molecule has 1 aliphatic heterocycles. The number of hydrogen-bond acceptors (Lipinski definition) is 5. The lowest BCUT2D eigenvalue weighted by Gasteiger charge is -2.32. The first-order valence-corrected chi connectivity index (χ1v) is 6.64. The summed E-state index contributed by atoms with van der Waals surface area (Å²) in [7, 11) is 0. The SMILES string of the molecule is CC(C)Cn1ccnc(N2CCOC(CO)C2)c1=O. The average Bonchev–Trinajstić information content (AvgIpc) is 2.41. The number of nitrogens with zero attached hydrogens (tertiary/aromatic N) is 3. The van der Waals surface area contributed by atoms with Crippen molar-refractivity contribution in [3.63, 3.8) is 0 Å². The van der Waals surface area contributed by atoms with Crippen LogP contribution in [0.25, 0.3) is 0 Å². The van der Waals surface area contributed by atoms with Crippen LogP contribution in [0.2, 0.25) is 0 Å². The van der Waals surface area contributed by atoms with E-state index < -0.39 is 0 Å². The third-order valence-corrected chi connectivity index (χ3v) is 3.10. The Labute approximate surface area is 112 Å². The third kappa shape index (κ3) is 3.33. The standard InChI is InChI=1S/C13H21N3O3/c1-10(2)7-16-4-3-14-12(13(16)18)15-5-6-19-11(8-15)9-17/h3-4,10-11,17H,5-9H2,1-2H3. The van der Waals surface area contributed by atoms with E-state index in [0.29, 0.717) is 38.0 Å². The van der Waals surface area contributed by atoms with Crippen molar-refractivity contribution in [3.8, 4) is 0 Å². The van der Waals surface area contributed by atoms with E-state index in [-0.39, 0.29) is 18.3 Å². The van der Waals surface area contributed by atoms with Crippen LogP contribution in [0.1, 0.15) is 13.8 Å². The largest absolute Gasteiger partial charge is 0.394 e. The van der Waals surface area contributed by atoms with E-state index in [1.54, 1.807) is 17.0 Å². The van der Waals surface area contributed by atoms with Gasteiger partial charge in [0.05, 0.1) is 19.3 Å². The molecule has 2 rings (SSSR count). The third-order valence-electron chi connectivity index (χ3n) is 3.10. The fraction of sp³-hybridized carbons (Fsp3) is 0.692. The molecule has 0 saturated carbocycles. The monoisotopic (exact) mass is 267 g/mol. The van der Waals surface area contributed by atoms with Crippen LogP contribution in [-0.4, -0.2) is 47.1 Å². The van der Waals surface area contributed by atoms with Crippen molar-refractivity contribution in [2.45, 2.75) is 26.5 Å². The van der Waals surface area contributed by atoms with Crippen LogP contribution in [0.15, 0.2) is 17.2 Å². The number of aliphatic hydroxyl groups is 1. The molecule has 6 nitrogen and oxygen atoms in total.